The molecule has 3 aromatic rings. The second kappa shape index (κ2) is 7.38. The minimum atomic E-state index is -0.427. The van der Waals surface area contributed by atoms with Gasteiger partial charge in [-0.25, -0.2) is 0 Å². The SMILES string of the molecule is CCOc1cc2c(cc1CNC(=O)c1c[nH]c3ccccc3c1=O)O[C@H](C)C2. The van der Waals surface area contributed by atoms with Gasteiger partial charge in [-0.1, -0.05) is 12.1 Å². The van der Waals surface area contributed by atoms with Gasteiger partial charge in [0.2, 0.25) is 5.43 Å². The standard InChI is InChI=1S/C22H22N2O4/c1-3-27-19-9-14-8-13(2)28-20(14)10-15(19)11-24-22(26)17-12-23-18-7-5-4-6-16(18)21(17)25/h4-7,9-10,12-13H,3,8,11H2,1-2H3,(H,23,25)(H,24,26)/t13-/m1/s1. The van der Waals surface area contributed by atoms with Crippen molar-refractivity contribution >= 4 is 16.8 Å². The number of pyridine rings is 1. The van der Waals surface area contributed by atoms with Gasteiger partial charge in [-0.05, 0) is 38.1 Å². The summed E-state index contributed by atoms with van der Waals surface area (Å²) < 4.78 is 11.6. The van der Waals surface area contributed by atoms with E-state index < -0.39 is 5.91 Å². The van der Waals surface area contributed by atoms with Gasteiger partial charge in [0.05, 0.1) is 6.61 Å². The zero-order valence-electron chi connectivity index (χ0n) is 15.9. The maximum Gasteiger partial charge on any atom is 0.257 e. The number of benzene rings is 2. The quantitative estimate of drug-likeness (QED) is 0.715. The molecule has 2 aromatic carbocycles. The van der Waals surface area contributed by atoms with E-state index in [0.717, 1.165) is 29.0 Å². The van der Waals surface area contributed by atoms with Crippen molar-refractivity contribution in [1.29, 1.82) is 0 Å². The number of fused-ring (bicyclic) bond motifs is 2. The summed E-state index contributed by atoms with van der Waals surface area (Å²) in [5, 5.41) is 3.32. The lowest BCUT2D eigenvalue weighted by atomic mass is 10.1. The number of H-pyrrole nitrogens is 1. The van der Waals surface area contributed by atoms with Crippen LogP contribution in [0.3, 0.4) is 0 Å². The van der Waals surface area contributed by atoms with Crippen molar-refractivity contribution in [2.45, 2.75) is 32.9 Å². The van der Waals surface area contributed by atoms with E-state index in [4.69, 9.17) is 9.47 Å². The van der Waals surface area contributed by atoms with E-state index in [1.165, 1.54) is 6.20 Å². The van der Waals surface area contributed by atoms with Gasteiger partial charge in [0.15, 0.2) is 0 Å². The smallest absolute Gasteiger partial charge is 0.257 e. The van der Waals surface area contributed by atoms with Crippen molar-refractivity contribution in [1.82, 2.24) is 10.3 Å². The first-order valence-corrected chi connectivity index (χ1v) is 9.40. The van der Waals surface area contributed by atoms with Gasteiger partial charge in [0.25, 0.3) is 5.91 Å². The Hall–Kier alpha value is -3.28. The Bertz CT molecular complexity index is 1100. The number of nitrogens with one attached hydrogen (secondary N) is 2. The Balaban J connectivity index is 1.58. The number of amides is 1. The fraction of sp³-hybridized carbons (Fsp3) is 0.273. The zero-order valence-corrected chi connectivity index (χ0v) is 15.9. The van der Waals surface area contributed by atoms with Gasteiger partial charge in [-0.3, -0.25) is 9.59 Å². The third-order valence-corrected chi connectivity index (χ3v) is 4.85. The Morgan fingerprint density at radius 3 is 2.96 bits per heavy atom. The van der Waals surface area contributed by atoms with Crippen LogP contribution >= 0.6 is 0 Å². The van der Waals surface area contributed by atoms with Gasteiger partial charge >= 0.3 is 0 Å². The van der Waals surface area contributed by atoms with Gasteiger partial charge in [-0.2, -0.15) is 0 Å². The van der Waals surface area contributed by atoms with Crippen LogP contribution in [0.15, 0.2) is 47.4 Å². The largest absolute Gasteiger partial charge is 0.494 e. The van der Waals surface area contributed by atoms with Crippen LogP contribution in [-0.2, 0) is 13.0 Å². The van der Waals surface area contributed by atoms with Crippen molar-refractivity contribution < 1.29 is 14.3 Å². The first-order valence-electron chi connectivity index (χ1n) is 9.40. The van der Waals surface area contributed by atoms with Gasteiger partial charge in [-0.15, -0.1) is 0 Å². The lowest BCUT2D eigenvalue weighted by molar-refractivity contribution is 0.0949. The van der Waals surface area contributed by atoms with Crippen LogP contribution in [-0.4, -0.2) is 23.6 Å². The summed E-state index contributed by atoms with van der Waals surface area (Å²) in [4.78, 5) is 28.3. The highest BCUT2D eigenvalue weighted by atomic mass is 16.5. The molecule has 0 saturated carbocycles. The molecular formula is C22H22N2O4. The number of hydrogen-bond donors (Lipinski definition) is 2. The molecule has 2 heterocycles. The Labute approximate surface area is 162 Å². The Morgan fingerprint density at radius 2 is 2.14 bits per heavy atom. The summed E-state index contributed by atoms with van der Waals surface area (Å²) in [5.41, 5.74) is 2.43. The Kier molecular flexibility index (Phi) is 4.77. The molecule has 1 atom stereocenters. The van der Waals surface area contributed by atoms with E-state index in [9.17, 15) is 9.59 Å². The molecule has 2 N–H and O–H groups in total. The van der Waals surface area contributed by atoms with Crippen molar-refractivity contribution in [2.75, 3.05) is 6.61 Å². The summed E-state index contributed by atoms with van der Waals surface area (Å²) in [6.07, 6.45) is 2.43. The van der Waals surface area contributed by atoms with Crippen LogP contribution in [0.25, 0.3) is 10.9 Å². The minimum Gasteiger partial charge on any atom is -0.494 e. The molecule has 1 aliphatic heterocycles. The van der Waals surface area contributed by atoms with Crippen molar-refractivity contribution in [3.05, 3.63) is 69.5 Å². The number of para-hydroxylation sites is 1. The number of carbonyl (C=O) groups is 1. The lowest BCUT2D eigenvalue weighted by Gasteiger charge is -2.13. The molecule has 0 fully saturated rings. The lowest BCUT2D eigenvalue weighted by Crippen LogP contribution is -2.28. The number of rotatable bonds is 5. The molecule has 0 saturated heterocycles. The highest BCUT2D eigenvalue weighted by molar-refractivity contribution is 5.97. The van der Waals surface area contributed by atoms with E-state index in [-0.39, 0.29) is 23.6 Å². The molecule has 0 bridgehead atoms. The summed E-state index contributed by atoms with van der Waals surface area (Å²) >= 11 is 0. The van der Waals surface area contributed by atoms with Crippen LogP contribution in [0.2, 0.25) is 0 Å². The monoisotopic (exact) mass is 378 g/mol. The molecule has 28 heavy (non-hydrogen) atoms. The Morgan fingerprint density at radius 1 is 1.32 bits per heavy atom. The normalized spacial score (nSPS) is 15.1. The molecule has 0 spiro atoms. The molecule has 0 unspecified atom stereocenters. The second-order valence-electron chi connectivity index (χ2n) is 6.89. The number of ether oxygens (including phenoxy) is 2. The highest BCUT2D eigenvalue weighted by Crippen LogP contribution is 2.35. The predicted molar refractivity (Wildman–Crippen MR) is 107 cm³/mol. The molecular weight excluding hydrogens is 356 g/mol. The fourth-order valence-corrected chi connectivity index (χ4v) is 3.52. The molecule has 0 aliphatic carbocycles. The predicted octanol–water partition coefficient (Wildman–Crippen LogP) is 3.18. The van der Waals surface area contributed by atoms with E-state index in [1.807, 2.05) is 32.0 Å². The van der Waals surface area contributed by atoms with Crippen LogP contribution in [0.4, 0.5) is 0 Å². The molecule has 1 amide bonds. The number of aromatic nitrogens is 1. The maximum absolute atomic E-state index is 12.6. The molecule has 1 aromatic heterocycles. The van der Waals surface area contributed by atoms with Crippen molar-refractivity contribution in [2.24, 2.45) is 0 Å². The average Bonchev–Trinajstić information content (AvgIpc) is 3.05. The first-order chi connectivity index (χ1) is 13.6. The zero-order chi connectivity index (χ0) is 19.7. The van der Waals surface area contributed by atoms with Crippen molar-refractivity contribution in [3.63, 3.8) is 0 Å². The van der Waals surface area contributed by atoms with Crippen LogP contribution in [0, 0.1) is 0 Å². The van der Waals surface area contributed by atoms with E-state index in [0.29, 0.717) is 17.5 Å². The van der Waals surface area contributed by atoms with Crippen LogP contribution in [0.1, 0.15) is 35.3 Å². The third-order valence-electron chi connectivity index (χ3n) is 4.85. The fourth-order valence-electron chi connectivity index (χ4n) is 3.52. The van der Waals surface area contributed by atoms with E-state index in [2.05, 4.69) is 10.3 Å². The number of aromatic amines is 1. The highest BCUT2D eigenvalue weighted by Gasteiger charge is 2.22. The van der Waals surface area contributed by atoms with E-state index in [1.54, 1.807) is 18.2 Å². The maximum atomic E-state index is 12.6. The third kappa shape index (κ3) is 3.33. The van der Waals surface area contributed by atoms with Crippen molar-refractivity contribution in [3.8, 4) is 11.5 Å². The van der Waals surface area contributed by atoms with Gasteiger partial charge in [0.1, 0.15) is 23.2 Å². The van der Waals surface area contributed by atoms with Crippen LogP contribution in [0.5, 0.6) is 11.5 Å². The van der Waals surface area contributed by atoms with Crippen LogP contribution < -0.4 is 20.2 Å². The van der Waals surface area contributed by atoms with E-state index >= 15 is 0 Å². The molecule has 1 aliphatic rings. The summed E-state index contributed by atoms with van der Waals surface area (Å²) in [6.45, 7) is 4.71. The first kappa shape index (κ1) is 18.1. The number of hydrogen-bond acceptors (Lipinski definition) is 4. The molecule has 144 valence electrons. The topological polar surface area (TPSA) is 80.4 Å². The van der Waals surface area contributed by atoms with Gasteiger partial charge in [0, 0.05) is 41.2 Å². The molecule has 0 radical (unpaired) electrons. The summed E-state index contributed by atoms with van der Waals surface area (Å²) in [6, 6.07) is 11.0. The number of carbonyl (C=O) groups excluding carboxylic acids is 1. The van der Waals surface area contributed by atoms with Gasteiger partial charge < -0.3 is 19.8 Å². The average molecular weight is 378 g/mol. The molecule has 4 rings (SSSR count). The molecule has 6 heteroatoms. The second-order valence-corrected chi connectivity index (χ2v) is 6.89. The summed E-state index contributed by atoms with van der Waals surface area (Å²) in [5.74, 6) is 1.12. The summed E-state index contributed by atoms with van der Waals surface area (Å²) in [7, 11) is 0. The minimum absolute atomic E-state index is 0.0858. The molecule has 6 nitrogen and oxygen atoms in total.